The number of alkyl carbamates (subject to hydrolysis) is 1. The number of carbonyl (C=O) groups excluding carboxylic acids is 2. The Kier molecular flexibility index (Phi) is 6.47. The molecule has 2 fully saturated rings. The van der Waals surface area contributed by atoms with Crippen molar-refractivity contribution in [3.05, 3.63) is 59.7 Å². The number of aliphatic carboxylic acids is 1. The van der Waals surface area contributed by atoms with Crippen molar-refractivity contribution < 1.29 is 29.0 Å². The molecule has 1 saturated heterocycles. The van der Waals surface area contributed by atoms with Crippen molar-refractivity contribution in [1.29, 1.82) is 0 Å². The molecular weight excluding hydrogens is 448 g/mol. The minimum absolute atomic E-state index is 0.0703. The zero-order valence-electron chi connectivity index (χ0n) is 19.5. The Morgan fingerprint density at radius 1 is 0.971 bits per heavy atom. The fourth-order valence-corrected chi connectivity index (χ4v) is 5.62. The van der Waals surface area contributed by atoms with E-state index < -0.39 is 23.5 Å². The number of hydrogen-bond donors (Lipinski definition) is 3. The van der Waals surface area contributed by atoms with Gasteiger partial charge in [-0.25, -0.2) is 4.79 Å². The number of carboxylic acids is 1. The SMILES string of the molecule is O=C(NC1(C(=O)NC2CCC(C(=O)O)C2)CCOCC1)OCC1c2ccccc2-c2ccccc21. The van der Waals surface area contributed by atoms with Gasteiger partial charge in [-0.15, -0.1) is 0 Å². The molecular formula is C27H30N2O6. The molecule has 5 rings (SSSR count). The smallest absolute Gasteiger partial charge is 0.408 e. The van der Waals surface area contributed by atoms with Gasteiger partial charge in [0.05, 0.1) is 5.92 Å². The number of carbonyl (C=O) groups is 3. The van der Waals surface area contributed by atoms with E-state index in [0.29, 0.717) is 45.3 Å². The molecule has 0 spiro atoms. The Morgan fingerprint density at radius 3 is 2.20 bits per heavy atom. The second-order valence-electron chi connectivity index (χ2n) is 9.66. The van der Waals surface area contributed by atoms with Crippen LogP contribution in [0.3, 0.4) is 0 Å². The number of ether oxygens (including phenoxy) is 2. The summed E-state index contributed by atoms with van der Waals surface area (Å²) >= 11 is 0. The van der Waals surface area contributed by atoms with Crippen LogP contribution in [0.25, 0.3) is 11.1 Å². The topological polar surface area (TPSA) is 114 Å². The van der Waals surface area contributed by atoms with E-state index in [-0.39, 0.29) is 24.5 Å². The number of amides is 2. The van der Waals surface area contributed by atoms with Crippen molar-refractivity contribution in [2.24, 2.45) is 5.92 Å². The maximum absolute atomic E-state index is 13.3. The molecule has 2 atom stereocenters. The van der Waals surface area contributed by atoms with Crippen LogP contribution >= 0.6 is 0 Å². The van der Waals surface area contributed by atoms with E-state index in [4.69, 9.17) is 9.47 Å². The highest BCUT2D eigenvalue weighted by molar-refractivity contribution is 5.90. The van der Waals surface area contributed by atoms with Gasteiger partial charge >= 0.3 is 12.1 Å². The van der Waals surface area contributed by atoms with Crippen LogP contribution in [0.15, 0.2) is 48.5 Å². The number of rotatable bonds is 6. The number of fused-ring (bicyclic) bond motifs is 3. The van der Waals surface area contributed by atoms with Crippen LogP contribution in [-0.2, 0) is 19.1 Å². The first kappa shape index (κ1) is 23.4. The highest BCUT2D eigenvalue weighted by Crippen LogP contribution is 2.44. The molecule has 35 heavy (non-hydrogen) atoms. The highest BCUT2D eigenvalue weighted by atomic mass is 16.5. The summed E-state index contributed by atoms with van der Waals surface area (Å²) in [6.07, 6.45) is 1.57. The van der Waals surface area contributed by atoms with E-state index in [0.717, 1.165) is 22.3 Å². The Bertz CT molecular complexity index is 1080. The molecule has 3 N–H and O–H groups in total. The molecule has 2 aliphatic carbocycles. The van der Waals surface area contributed by atoms with Gasteiger partial charge in [-0.1, -0.05) is 48.5 Å². The molecule has 8 heteroatoms. The lowest BCUT2D eigenvalue weighted by atomic mass is 9.88. The average Bonchev–Trinajstić information content (AvgIpc) is 3.46. The molecule has 1 saturated carbocycles. The third-order valence-corrected chi connectivity index (χ3v) is 7.58. The van der Waals surface area contributed by atoms with Crippen molar-refractivity contribution in [2.75, 3.05) is 19.8 Å². The zero-order valence-corrected chi connectivity index (χ0v) is 19.5. The van der Waals surface area contributed by atoms with Crippen molar-refractivity contribution in [1.82, 2.24) is 10.6 Å². The second-order valence-corrected chi connectivity index (χ2v) is 9.66. The summed E-state index contributed by atoms with van der Waals surface area (Å²) in [5.74, 6) is -1.65. The molecule has 2 aromatic rings. The molecule has 0 bridgehead atoms. The average molecular weight is 479 g/mol. The molecule has 0 radical (unpaired) electrons. The summed E-state index contributed by atoms with van der Waals surface area (Å²) in [7, 11) is 0. The summed E-state index contributed by atoms with van der Waals surface area (Å²) < 4.78 is 11.1. The molecule has 2 unspecified atom stereocenters. The fraction of sp³-hybridized carbons (Fsp3) is 0.444. The number of nitrogens with one attached hydrogen (secondary N) is 2. The van der Waals surface area contributed by atoms with Crippen molar-refractivity contribution in [2.45, 2.75) is 49.6 Å². The summed E-state index contributed by atoms with van der Waals surface area (Å²) in [6.45, 7) is 0.857. The van der Waals surface area contributed by atoms with Gasteiger partial charge in [-0.3, -0.25) is 9.59 Å². The zero-order chi connectivity index (χ0) is 24.4. The third kappa shape index (κ3) is 4.62. The van der Waals surface area contributed by atoms with E-state index in [1.54, 1.807) is 0 Å². The van der Waals surface area contributed by atoms with Gasteiger partial charge in [0.2, 0.25) is 5.91 Å². The lowest BCUT2D eigenvalue weighted by Gasteiger charge is -2.37. The van der Waals surface area contributed by atoms with Crippen LogP contribution in [0.1, 0.15) is 49.1 Å². The van der Waals surface area contributed by atoms with Crippen LogP contribution in [-0.4, -0.2) is 54.5 Å². The van der Waals surface area contributed by atoms with E-state index in [9.17, 15) is 19.5 Å². The largest absolute Gasteiger partial charge is 0.481 e. The molecule has 2 aromatic carbocycles. The van der Waals surface area contributed by atoms with E-state index in [1.807, 2.05) is 24.3 Å². The Balaban J connectivity index is 1.25. The first-order valence-electron chi connectivity index (χ1n) is 12.2. The quantitative estimate of drug-likeness (QED) is 0.586. The first-order valence-corrected chi connectivity index (χ1v) is 12.2. The Labute approximate surface area is 204 Å². The fourth-order valence-electron chi connectivity index (χ4n) is 5.62. The van der Waals surface area contributed by atoms with Gasteiger partial charge < -0.3 is 25.2 Å². The summed E-state index contributed by atoms with van der Waals surface area (Å²) in [4.78, 5) is 37.5. The molecule has 1 heterocycles. The lowest BCUT2D eigenvalue weighted by molar-refractivity contribution is -0.141. The summed E-state index contributed by atoms with van der Waals surface area (Å²) in [5.41, 5.74) is 3.40. The van der Waals surface area contributed by atoms with E-state index in [2.05, 4.69) is 34.9 Å². The van der Waals surface area contributed by atoms with Gasteiger partial charge in [-0.05, 0) is 41.5 Å². The molecule has 184 valence electrons. The van der Waals surface area contributed by atoms with Crippen molar-refractivity contribution in [3.8, 4) is 11.1 Å². The molecule has 0 aromatic heterocycles. The van der Waals surface area contributed by atoms with Gasteiger partial charge in [-0.2, -0.15) is 0 Å². The predicted octanol–water partition coefficient (Wildman–Crippen LogP) is 3.44. The van der Waals surface area contributed by atoms with Gasteiger partial charge in [0.1, 0.15) is 12.1 Å². The highest BCUT2D eigenvalue weighted by Gasteiger charge is 2.44. The predicted molar refractivity (Wildman–Crippen MR) is 128 cm³/mol. The number of hydrogen-bond acceptors (Lipinski definition) is 5. The molecule has 3 aliphatic rings. The van der Waals surface area contributed by atoms with Crippen molar-refractivity contribution in [3.63, 3.8) is 0 Å². The second kappa shape index (κ2) is 9.70. The van der Waals surface area contributed by atoms with Crippen LogP contribution in [0, 0.1) is 5.92 Å². The van der Waals surface area contributed by atoms with Crippen LogP contribution in [0.2, 0.25) is 0 Å². The first-order chi connectivity index (χ1) is 17.0. The van der Waals surface area contributed by atoms with Crippen LogP contribution in [0.5, 0.6) is 0 Å². The molecule has 1 aliphatic heterocycles. The lowest BCUT2D eigenvalue weighted by Crippen LogP contribution is -2.62. The Hall–Kier alpha value is -3.39. The van der Waals surface area contributed by atoms with Gasteiger partial charge in [0, 0.05) is 38.0 Å². The maximum atomic E-state index is 13.3. The van der Waals surface area contributed by atoms with Crippen LogP contribution in [0.4, 0.5) is 4.79 Å². The standard InChI is InChI=1S/C27H30N2O6/c30-24(31)17-9-10-18(15-17)28-25(32)27(11-13-34-14-12-27)29-26(33)35-16-23-21-7-3-1-5-19(21)20-6-2-4-8-22(20)23/h1-8,17-18,23H,9-16H2,(H,28,32)(H,29,33)(H,30,31). The molecule has 2 amide bonds. The van der Waals surface area contributed by atoms with Crippen molar-refractivity contribution >= 4 is 18.0 Å². The number of benzene rings is 2. The summed E-state index contributed by atoms with van der Waals surface area (Å²) in [6, 6.07) is 16.0. The summed E-state index contributed by atoms with van der Waals surface area (Å²) in [5, 5.41) is 15.1. The van der Waals surface area contributed by atoms with Crippen LogP contribution < -0.4 is 10.6 Å². The van der Waals surface area contributed by atoms with Gasteiger partial charge in [0.25, 0.3) is 0 Å². The third-order valence-electron chi connectivity index (χ3n) is 7.58. The minimum Gasteiger partial charge on any atom is -0.481 e. The Morgan fingerprint density at radius 2 is 1.60 bits per heavy atom. The van der Waals surface area contributed by atoms with E-state index in [1.165, 1.54) is 0 Å². The monoisotopic (exact) mass is 478 g/mol. The van der Waals surface area contributed by atoms with Gasteiger partial charge in [0.15, 0.2) is 0 Å². The number of carboxylic acid groups (broad SMARTS) is 1. The molecule has 8 nitrogen and oxygen atoms in total. The maximum Gasteiger partial charge on any atom is 0.408 e. The van der Waals surface area contributed by atoms with E-state index >= 15 is 0 Å². The normalized spacial score (nSPS) is 22.6. The minimum atomic E-state index is -1.14.